The van der Waals surface area contributed by atoms with Gasteiger partial charge in [-0.05, 0) is 39.2 Å². The lowest BCUT2D eigenvalue weighted by molar-refractivity contribution is 0.0531. The third-order valence-electron chi connectivity index (χ3n) is 4.36. The average molecular weight is 367 g/mol. The number of H-pyrrole nitrogens is 1. The lowest BCUT2D eigenvalue weighted by atomic mass is 10.2. The normalized spacial score (nSPS) is 16.6. The van der Waals surface area contributed by atoms with Gasteiger partial charge in [-0.25, -0.2) is 9.78 Å². The van der Waals surface area contributed by atoms with Gasteiger partial charge in [-0.1, -0.05) is 12.8 Å². The van der Waals surface area contributed by atoms with Crippen LogP contribution in [0, 0.1) is 6.92 Å². The van der Waals surface area contributed by atoms with Gasteiger partial charge in [0.2, 0.25) is 0 Å². The third kappa shape index (κ3) is 3.37. The maximum absolute atomic E-state index is 12.5. The van der Waals surface area contributed by atoms with Gasteiger partial charge in [-0.3, -0.25) is 4.79 Å². The first-order valence-electron chi connectivity index (χ1n) is 8.37. The molecule has 0 amide bonds. The van der Waals surface area contributed by atoms with Crippen LogP contribution in [0.3, 0.4) is 0 Å². The molecule has 2 aromatic heterocycles. The SMILES string of the molecule is CCOC(=O)c1sc2nc([C@H](C)SC3CCCC3)[nH]c(=O)c2c1C. The number of rotatable bonds is 5. The van der Waals surface area contributed by atoms with Crippen LogP contribution in [0.1, 0.15) is 65.8 Å². The Bertz CT molecular complexity index is 806. The highest BCUT2D eigenvalue weighted by Gasteiger charge is 2.23. The lowest BCUT2D eigenvalue weighted by Crippen LogP contribution is -2.13. The molecule has 2 heterocycles. The molecule has 24 heavy (non-hydrogen) atoms. The number of aromatic amines is 1. The van der Waals surface area contributed by atoms with Crippen molar-refractivity contribution in [3.8, 4) is 0 Å². The fourth-order valence-corrected chi connectivity index (χ4v) is 5.63. The van der Waals surface area contributed by atoms with Crippen molar-refractivity contribution in [3.05, 3.63) is 26.6 Å². The molecule has 1 N–H and O–H groups in total. The highest BCUT2D eigenvalue weighted by Crippen LogP contribution is 2.38. The van der Waals surface area contributed by atoms with E-state index >= 15 is 0 Å². The topological polar surface area (TPSA) is 72.0 Å². The second-order valence-electron chi connectivity index (χ2n) is 6.09. The first-order chi connectivity index (χ1) is 11.5. The summed E-state index contributed by atoms with van der Waals surface area (Å²) in [6, 6.07) is 0. The highest BCUT2D eigenvalue weighted by molar-refractivity contribution is 8.00. The zero-order chi connectivity index (χ0) is 17.3. The van der Waals surface area contributed by atoms with Crippen LogP contribution in [0.2, 0.25) is 0 Å². The molecule has 0 aliphatic heterocycles. The van der Waals surface area contributed by atoms with Gasteiger partial charge in [0.15, 0.2) is 0 Å². The molecular formula is C17H22N2O3S2. The van der Waals surface area contributed by atoms with E-state index in [9.17, 15) is 9.59 Å². The smallest absolute Gasteiger partial charge is 0.348 e. The van der Waals surface area contributed by atoms with Crippen LogP contribution in [-0.2, 0) is 4.74 Å². The number of thiophene rings is 1. The summed E-state index contributed by atoms with van der Waals surface area (Å²) in [5.74, 6) is 0.313. The minimum atomic E-state index is -0.382. The van der Waals surface area contributed by atoms with E-state index in [2.05, 4.69) is 16.9 Å². The summed E-state index contributed by atoms with van der Waals surface area (Å²) in [7, 11) is 0. The van der Waals surface area contributed by atoms with E-state index < -0.39 is 0 Å². The molecule has 0 aromatic carbocycles. The van der Waals surface area contributed by atoms with Gasteiger partial charge in [0.1, 0.15) is 15.5 Å². The van der Waals surface area contributed by atoms with Gasteiger partial charge in [0, 0.05) is 5.25 Å². The van der Waals surface area contributed by atoms with Gasteiger partial charge < -0.3 is 9.72 Å². The Kier molecular flexibility index (Phi) is 5.30. The van der Waals surface area contributed by atoms with Crippen molar-refractivity contribution >= 4 is 39.3 Å². The first-order valence-corrected chi connectivity index (χ1v) is 10.1. The summed E-state index contributed by atoms with van der Waals surface area (Å²) >= 11 is 3.13. The number of nitrogens with zero attached hydrogens (tertiary/aromatic N) is 1. The van der Waals surface area contributed by atoms with Gasteiger partial charge in [-0.15, -0.1) is 23.1 Å². The van der Waals surface area contributed by atoms with Crippen LogP contribution in [-0.4, -0.2) is 27.8 Å². The van der Waals surface area contributed by atoms with E-state index in [0.29, 0.717) is 38.3 Å². The van der Waals surface area contributed by atoms with Crippen LogP contribution >= 0.6 is 23.1 Å². The minimum absolute atomic E-state index is 0.138. The second-order valence-corrected chi connectivity index (χ2v) is 8.74. The Hall–Kier alpha value is -1.34. The van der Waals surface area contributed by atoms with E-state index in [-0.39, 0.29) is 16.8 Å². The molecule has 2 aromatic rings. The molecule has 0 radical (unpaired) electrons. The Morgan fingerprint density at radius 1 is 1.46 bits per heavy atom. The van der Waals surface area contributed by atoms with Crippen molar-refractivity contribution < 1.29 is 9.53 Å². The second kappa shape index (κ2) is 7.27. The molecule has 130 valence electrons. The quantitative estimate of drug-likeness (QED) is 0.803. The van der Waals surface area contributed by atoms with Gasteiger partial charge in [0.25, 0.3) is 5.56 Å². The Morgan fingerprint density at radius 2 is 2.17 bits per heavy atom. The number of aryl methyl sites for hydroxylation is 1. The predicted octanol–water partition coefficient (Wildman–Crippen LogP) is 4.21. The van der Waals surface area contributed by atoms with Crippen LogP contribution in [0.4, 0.5) is 0 Å². The summed E-state index contributed by atoms with van der Waals surface area (Å²) in [6.45, 7) is 5.94. The number of esters is 1. The van der Waals surface area contributed by atoms with E-state index in [1.54, 1.807) is 13.8 Å². The van der Waals surface area contributed by atoms with Crippen molar-refractivity contribution in [1.82, 2.24) is 9.97 Å². The van der Waals surface area contributed by atoms with Crippen molar-refractivity contribution in [2.45, 2.75) is 57.0 Å². The number of nitrogens with one attached hydrogen (secondary N) is 1. The molecular weight excluding hydrogens is 344 g/mol. The number of hydrogen-bond acceptors (Lipinski definition) is 6. The Labute approximate surface area is 149 Å². The highest BCUT2D eigenvalue weighted by atomic mass is 32.2. The average Bonchev–Trinajstić information content (AvgIpc) is 3.15. The molecule has 0 unspecified atom stereocenters. The summed E-state index contributed by atoms with van der Waals surface area (Å²) in [5.41, 5.74) is 0.489. The number of ether oxygens (including phenoxy) is 1. The summed E-state index contributed by atoms with van der Waals surface area (Å²) in [4.78, 5) is 33.2. The number of aromatic nitrogens is 2. The maximum Gasteiger partial charge on any atom is 0.348 e. The summed E-state index contributed by atoms with van der Waals surface area (Å²) < 4.78 is 5.07. The fourth-order valence-electron chi connectivity index (χ4n) is 3.12. The number of hydrogen-bond donors (Lipinski definition) is 1. The molecule has 1 saturated carbocycles. The molecule has 7 heteroatoms. The molecule has 5 nitrogen and oxygen atoms in total. The largest absolute Gasteiger partial charge is 0.462 e. The van der Waals surface area contributed by atoms with Crippen molar-refractivity contribution in [3.63, 3.8) is 0 Å². The lowest BCUT2D eigenvalue weighted by Gasteiger charge is -2.15. The van der Waals surface area contributed by atoms with Crippen LogP contribution < -0.4 is 5.56 Å². The van der Waals surface area contributed by atoms with Crippen molar-refractivity contribution in [1.29, 1.82) is 0 Å². The van der Waals surface area contributed by atoms with Gasteiger partial charge in [0.05, 0.1) is 17.2 Å². The molecule has 1 atom stereocenters. The third-order valence-corrected chi connectivity index (χ3v) is 7.02. The summed E-state index contributed by atoms with van der Waals surface area (Å²) in [6.07, 6.45) is 5.07. The van der Waals surface area contributed by atoms with E-state index in [0.717, 1.165) is 0 Å². The van der Waals surface area contributed by atoms with E-state index in [1.165, 1.54) is 37.0 Å². The number of carbonyl (C=O) groups is 1. The van der Waals surface area contributed by atoms with Crippen LogP contribution in [0.25, 0.3) is 10.2 Å². The fraction of sp³-hybridized carbons (Fsp3) is 0.588. The molecule has 0 spiro atoms. The zero-order valence-corrected chi connectivity index (χ0v) is 15.8. The summed E-state index contributed by atoms with van der Waals surface area (Å²) in [5, 5.41) is 1.30. The molecule has 1 aliphatic rings. The predicted molar refractivity (Wildman–Crippen MR) is 99.2 cm³/mol. The Balaban J connectivity index is 1.94. The van der Waals surface area contributed by atoms with Crippen LogP contribution in [0.5, 0.6) is 0 Å². The molecule has 1 fully saturated rings. The molecule has 3 rings (SSSR count). The van der Waals surface area contributed by atoms with Crippen molar-refractivity contribution in [2.24, 2.45) is 0 Å². The molecule has 0 saturated heterocycles. The first kappa shape index (κ1) is 17.5. The standard InChI is InChI=1S/C17H22N2O3S2/c1-4-22-17(21)13-9(2)12-15(20)18-14(19-16(12)24-13)10(3)23-11-7-5-6-8-11/h10-11H,4-8H2,1-3H3,(H,18,19,20)/t10-/m0/s1. The number of thioether (sulfide) groups is 1. The zero-order valence-electron chi connectivity index (χ0n) is 14.2. The molecule has 1 aliphatic carbocycles. The Morgan fingerprint density at radius 3 is 2.83 bits per heavy atom. The van der Waals surface area contributed by atoms with Gasteiger partial charge in [-0.2, -0.15) is 0 Å². The van der Waals surface area contributed by atoms with Crippen molar-refractivity contribution in [2.75, 3.05) is 6.61 Å². The van der Waals surface area contributed by atoms with Gasteiger partial charge >= 0.3 is 5.97 Å². The van der Waals surface area contributed by atoms with Crippen LogP contribution in [0.15, 0.2) is 4.79 Å². The minimum Gasteiger partial charge on any atom is -0.462 e. The molecule has 0 bridgehead atoms. The monoisotopic (exact) mass is 366 g/mol. The maximum atomic E-state index is 12.5. The number of carbonyl (C=O) groups excluding carboxylic acids is 1. The van der Waals surface area contributed by atoms with E-state index in [4.69, 9.17) is 4.74 Å². The number of fused-ring (bicyclic) bond motifs is 1. The van der Waals surface area contributed by atoms with E-state index in [1.807, 2.05) is 11.8 Å².